The highest BCUT2D eigenvalue weighted by Gasteiger charge is 2.27. The number of hydrogen-bond donors (Lipinski definition) is 1. The van der Waals surface area contributed by atoms with Crippen molar-refractivity contribution in [3.05, 3.63) is 59.4 Å². The van der Waals surface area contributed by atoms with Gasteiger partial charge in [-0.25, -0.2) is 4.39 Å². The highest BCUT2D eigenvalue weighted by atomic mass is 32.1. The van der Waals surface area contributed by atoms with E-state index in [1.165, 1.54) is 16.9 Å². The molecule has 5 nitrogen and oxygen atoms in total. The van der Waals surface area contributed by atoms with Crippen molar-refractivity contribution < 1.29 is 4.39 Å². The largest absolute Gasteiger partial charge is 0.357 e. The number of nitrogens with zero attached hydrogens (tertiary/aromatic N) is 4. The lowest BCUT2D eigenvalue weighted by Crippen LogP contribution is -2.48. The standard InChI is InChI=1S/C18H16FN5S/c1-12-3-8-15-16(9-12)23-24(22-15)11-18(2,10-20)21-17(25)13-4-6-14(19)7-5-13/h3-9H,11H2,1-2H3,(H,21,25). The molecule has 0 bridgehead atoms. The Labute approximate surface area is 150 Å². The van der Waals surface area contributed by atoms with Crippen LogP contribution >= 0.6 is 12.2 Å². The third-order valence-corrected chi connectivity index (χ3v) is 4.12. The molecule has 25 heavy (non-hydrogen) atoms. The van der Waals surface area contributed by atoms with Crippen molar-refractivity contribution in [1.29, 1.82) is 5.26 Å². The van der Waals surface area contributed by atoms with Crippen molar-refractivity contribution in [3.63, 3.8) is 0 Å². The van der Waals surface area contributed by atoms with E-state index in [1.807, 2.05) is 25.1 Å². The van der Waals surface area contributed by atoms with E-state index in [9.17, 15) is 9.65 Å². The van der Waals surface area contributed by atoms with Crippen molar-refractivity contribution in [2.24, 2.45) is 0 Å². The Kier molecular flexibility index (Phi) is 4.47. The summed E-state index contributed by atoms with van der Waals surface area (Å²) in [6.07, 6.45) is 0. The lowest BCUT2D eigenvalue weighted by Gasteiger charge is -2.24. The number of thiocarbonyl (C=S) groups is 1. The monoisotopic (exact) mass is 353 g/mol. The van der Waals surface area contributed by atoms with E-state index in [4.69, 9.17) is 12.2 Å². The summed E-state index contributed by atoms with van der Waals surface area (Å²) in [5, 5.41) is 21.5. The molecule has 0 amide bonds. The first-order valence-corrected chi connectivity index (χ1v) is 8.10. The molecule has 0 saturated carbocycles. The molecule has 1 atom stereocenters. The molecule has 2 aromatic carbocycles. The predicted molar refractivity (Wildman–Crippen MR) is 97.5 cm³/mol. The van der Waals surface area contributed by atoms with Crippen molar-refractivity contribution in [1.82, 2.24) is 20.3 Å². The Balaban J connectivity index is 1.80. The first-order valence-electron chi connectivity index (χ1n) is 7.69. The quantitative estimate of drug-likeness (QED) is 0.730. The van der Waals surface area contributed by atoms with Gasteiger partial charge in [0.25, 0.3) is 0 Å². The van der Waals surface area contributed by atoms with Crippen LogP contribution in [0.25, 0.3) is 11.0 Å². The summed E-state index contributed by atoms with van der Waals surface area (Å²) in [4.78, 5) is 1.87. The lowest BCUT2D eigenvalue weighted by molar-refractivity contribution is 0.394. The third kappa shape index (κ3) is 3.80. The minimum atomic E-state index is -1.00. The number of hydrogen-bond acceptors (Lipinski definition) is 4. The van der Waals surface area contributed by atoms with Gasteiger partial charge in [-0.3, -0.25) is 0 Å². The van der Waals surface area contributed by atoms with Crippen molar-refractivity contribution in [2.45, 2.75) is 25.9 Å². The molecule has 0 aliphatic carbocycles. The van der Waals surface area contributed by atoms with E-state index in [0.29, 0.717) is 10.6 Å². The fourth-order valence-corrected chi connectivity index (χ4v) is 2.81. The minimum absolute atomic E-state index is 0.221. The van der Waals surface area contributed by atoms with Gasteiger partial charge in [-0.05, 0) is 55.8 Å². The molecule has 1 heterocycles. The normalized spacial score (nSPS) is 13.2. The Morgan fingerprint density at radius 3 is 2.60 bits per heavy atom. The van der Waals surface area contributed by atoms with Gasteiger partial charge < -0.3 is 5.32 Å². The van der Waals surface area contributed by atoms with Crippen LogP contribution in [-0.4, -0.2) is 25.5 Å². The van der Waals surface area contributed by atoms with Gasteiger partial charge >= 0.3 is 0 Å². The van der Waals surface area contributed by atoms with Crippen LogP contribution in [0.4, 0.5) is 4.39 Å². The second-order valence-electron chi connectivity index (χ2n) is 6.13. The molecule has 1 unspecified atom stereocenters. The van der Waals surface area contributed by atoms with Crippen molar-refractivity contribution in [2.75, 3.05) is 0 Å². The second-order valence-corrected chi connectivity index (χ2v) is 6.54. The number of nitriles is 1. The molecule has 1 N–H and O–H groups in total. The average Bonchev–Trinajstić information content (AvgIpc) is 2.96. The first-order chi connectivity index (χ1) is 11.9. The molecule has 0 spiro atoms. The van der Waals surface area contributed by atoms with Crippen LogP contribution in [0.15, 0.2) is 42.5 Å². The molecule has 0 saturated heterocycles. The van der Waals surface area contributed by atoms with E-state index in [1.54, 1.807) is 19.1 Å². The Bertz CT molecular complexity index is 973. The molecule has 0 aliphatic heterocycles. The van der Waals surface area contributed by atoms with E-state index < -0.39 is 5.54 Å². The Morgan fingerprint density at radius 2 is 1.92 bits per heavy atom. The maximum Gasteiger partial charge on any atom is 0.144 e. The van der Waals surface area contributed by atoms with Crippen molar-refractivity contribution >= 4 is 28.2 Å². The molecule has 126 valence electrons. The highest BCUT2D eigenvalue weighted by Crippen LogP contribution is 2.14. The number of aromatic nitrogens is 3. The fraction of sp³-hybridized carbons (Fsp3) is 0.222. The zero-order valence-electron chi connectivity index (χ0n) is 13.8. The van der Waals surface area contributed by atoms with Gasteiger partial charge in [-0.1, -0.05) is 18.3 Å². The number of aryl methyl sites for hydroxylation is 1. The van der Waals surface area contributed by atoms with Gasteiger partial charge in [0.2, 0.25) is 0 Å². The Hall–Kier alpha value is -2.85. The fourth-order valence-electron chi connectivity index (χ4n) is 2.45. The van der Waals surface area contributed by atoms with Crippen molar-refractivity contribution in [3.8, 4) is 6.07 Å². The van der Waals surface area contributed by atoms with Gasteiger partial charge in [0.05, 0.1) is 12.6 Å². The van der Waals surface area contributed by atoms with E-state index in [0.717, 1.165) is 16.6 Å². The zero-order valence-corrected chi connectivity index (χ0v) is 14.6. The predicted octanol–water partition coefficient (Wildman–Crippen LogP) is 3.13. The summed E-state index contributed by atoms with van der Waals surface area (Å²) >= 11 is 5.34. The van der Waals surface area contributed by atoms with Gasteiger partial charge in [-0.15, -0.1) is 0 Å². The smallest absolute Gasteiger partial charge is 0.144 e. The second kappa shape index (κ2) is 6.57. The summed E-state index contributed by atoms with van der Waals surface area (Å²) < 4.78 is 13.0. The average molecular weight is 353 g/mol. The van der Waals surface area contributed by atoms with Crippen LogP contribution in [0.2, 0.25) is 0 Å². The summed E-state index contributed by atoms with van der Waals surface area (Å²) in [7, 11) is 0. The van der Waals surface area contributed by atoms with Gasteiger partial charge in [0.1, 0.15) is 27.4 Å². The third-order valence-electron chi connectivity index (χ3n) is 3.78. The number of benzene rings is 2. The molecule has 0 aliphatic rings. The maximum absolute atomic E-state index is 13.0. The first kappa shape index (κ1) is 17.0. The molecule has 3 rings (SSSR count). The minimum Gasteiger partial charge on any atom is -0.357 e. The number of nitrogens with one attached hydrogen (secondary N) is 1. The number of fused-ring (bicyclic) bond motifs is 1. The summed E-state index contributed by atoms with van der Waals surface area (Å²) in [6, 6.07) is 13.8. The number of halogens is 1. The molecule has 3 aromatic rings. The van der Waals surface area contributed by atoms with E-state index >= 15 is 0 Å². The summed E-state index contributed by atoms with van der Waals surface area (Å²) in [5.41, 5.74) is 2.29. The van der Waals surface area contributed by atoms with Crippen LogP contribution in [0, 0.1) is 24.1 Å². The topological polar surface area (TPSA) is 66.5 Å². The van der Waals surface area contributed by atoms with E-state index in [-0.39, 0.29) is 12.4 Å². The molecule has 0 radical (unpaired) electrons. The maximum atomic E-state index is 13.0. The Morgan fingerprint density at radius 1 is 1.24 bits per heavy atom. The molecule has 7 heteroatoms. The van der Waals surface area contributed by atoms with E-state index in [2.05, 4.69) is 21.6 Å². The summed E-state index contributed by atoms with van der Waals surface area (Å²) in [6.45, 7) is 3.93. The van der Waals surface area contributed by atoms with Crippen LogP contribution < -0.4 is 5.32 Å². The molecular formula is C18H16FN5S. The van der Waals surface area contributed by atoms with Crippen LogP contribution in [0.5, 0.6) is 0 Å². The van der Waals surface area contributed by atoms with Gasteiger partial charge in [0, 0.05) is 5.56 Å². The highest BCUT2D eigenvalue weighted by molar-refractivity contribution is 7.80. The van der Waals surface area contributed by atoms with Gasteiger partial charge in [-0.2, -0.15) is 20.3 Å². The zero-order chi connectivity index (χ0) is 18.0. The SMILES string of the molecule is Cc1ccc2nn(CC(C)(C#N)NC(=S)c3ccc(F)cc3)nc2c1. The van der Waals surface area contributed by atoms with Crippen LogP contribution in [-0.2, 0) is 6.54 Å². The molecule has 0 fully saturated rings. The van der Waals surface area contributed by atoms with Crippen LogP contribution in [0.3, 0.4) is 0 Å². The van der Waals surface area contributed by atoms with Gasteiger partial charge in [0.15, 0.2) is 0 Å². The molecule has 1 aromatic heterocycles. The summed E-state index contributed by atoms with van der Waals surface area (Å²) in [5.74, 6) is -0.336. The number of rotatable bonds is 4. The van der Waals surface area contributed by atoms with Crippen LogP contribution in [0.1, 0.15) is 18.1 Å². The molecular weight excluding hydrogens is 337 g/mol. The lowest BCUT2D eigenvalue weighted by atomic mass is 10.0.